The minimum atomic E-state index is 0.554. The van der Waals surface area contributed by atoms with Gasteiger partial charge in [-0.15, -0.1) is 11.8 Å². The van der Waals surface area contributed by atoms with Gasteiger partial charge in [-0.1, -0.05) is 18.9 Å². The van der Waals surface area contributed by atoms with Crippen LogP contribution in [0.3, 0.4) is 0 Å². The minimum absolute atomic E-state index is 0.554. The van der Waals surface area contributed by atoms with E-state index in [9.17, 15) is 0 Å². The molecule has 2 aromatic heterocycles. The van der Waals surface area contributed by atoms with E-state index in [2.05, 4.69) is 4.40 Å². The number of thioether (sulfide) groups is 1. The third-order valence-corrected chi connectivity index (χ3v) is 4.95. The molecule has 0 spiro atoms. The van der Waals surface area contributed by atoms with E-state index in [0.29, 0.717) is 6.54 Å². The van der Waals surface area contributed by atoms with E-state index in [0.717, 1.165) is 22.3 Å². The monoisotopic (exact) mass is 261 g/mol. The smallest absolute Gasteiger partial charge is 0.138 e. The van der Waals surface area contributed by atoms with E-state index >= 15 is 0 Å². The molecule has 1 aliphatic carbocycles. The van der Waals surface area contributed by atoms with Crippen LogP contribution in [0.5, 0.6) is 0 Å². The number of fused-ring (bicyclic) bond motifs is 1. The van der Waals surface area contributed by atoms with Gasteiger partial charge >= 0.3 is 0 Å². The fourth-order valence-corrected chi connectivity index (χ4v) is 3.93. The molecule has 2 N–H and O–H groups in total. The molecule has 0 amide bonds. The molecule has 3 nitrogen and oxygen atoms in total. The molecule has 2 heterocycles. The summed E-state index contributed by atoms with van der Waals surface area (Å²) < 4.78 is 2.11. The lowest BCUT2D eigenvalue weighted by Crippen LogP contribution is -2.03. The number of hydrogen-bond donors (Lipinski definition) is 1. The van der Waals surface area contributed by atoms with Gasteiger partial charge in [-0.3, -0.25) is 0 Å². The van der Waals surface area contributed by atoms with Gasteiger partial charge < -0.3 is 10.1 Å². The Morgan fingerprint density at radius 1 is 1.33 bits per heavy atom. The van der Waals surface area contributed by atoms with Gasteiger partial charge in [-0.05, 0) is 30.9 Å². The maximum absolute atomic E-state index is 5.87. The zero-order chi connectivity index (χ0) is 12.4. The van der Waals surface area contributed by atoms with Crippen molar-refractivity contribution in [1.82, 2.24) is 9.38 Å². The Bertz CT molecular complexity index is 529. The van der Waals surface area contributed by atoms with E-state index in [4.69, 9.17) is 10.7 Å². The van der Waals surface area contributed by atoms with Crippen molar-refractivity contribution in [3.05, 3.63) is 30.1 Å². The van der Waals surface area contributed by atoms with Gasteiger partial charge in [-0.2, -0.15) is 0 Å². The number of hydrogen-bond acceptors (Lipinski definition) is 3. The van der Waals surface area contributed by atoms with Gasteiger partial charge in [0.25, 0.3) is 0 Å². The van der Waals surface area contributed by atoms with Crippen molar-refractivity contribution in [1.29, 1.82) is 0 Å². The Morgan fingerprint density at radius 2 is 2.17 bits per heavy atom. The van der Waals surface area contributed by atoms with Crippen LogP contribution in [-0.4, -0.2) is 15.1 Å². The van der Waals surface area contributed by atoms with Crippen molar-refractivity contribution in [2.75, 3.05) is 5.75 Å². The first-order chi connectivity index (χ1) is 8.88. The van der Waals surface area contributed by atoms with Gasteiger partial charge in [-0.25, -0.2) is 4.98 Å². The molecule has 1 fully saturated rings. The zero-order valence-corrected chi connectivity index (χ0v) is 11.3. The van der Waals surface area contributed by atoms with Crippen LogP contribution < -0.4 is 5.73 Å². The summed E-state index contributed by atoms with van der Waals surface area (Å²) in [6, 6.07) is 6.09. The molecule has 0 bridgehead atoms. The standard InChI is InChI=1S/C14H19N3S/c15-9-12-14(18-10-11-5-1-2-6-11)16-13-7-3-4-8-17(12)13/h3-4,7-8,11H,1-2,5-6,9-10,15H2. The Morgan fingerprint density at radius 3 is 2.94 bits per heavy atom. The first-order valence-electron chi connectivity index (χ1n) is 6.67. The van der Waals surface area contributed by atoms with Crippen molar-refractivity contribution in [2.24, 2.45) is 11.7 Å². The molecule has 1 aliphatic rings. The predicted octanol–water partition coefficient (Wildman–Crippen LogP) is 3.08. The molecule has 0 unspecified atom stereocenters. The van der Waals surface area contributed by atoms with Gasteiger partial charge in [0.2, 0.25) is 0 Å². The minimum Gasteiger partial charge on any atom is -0.325 e. The van der Waals surface area contributed by atoms with Crippen LogP contribution in [0.25, 0.3) is 5.65 Å². The summed E-state index contributed by atoms with van der Waals surface area (Å²) in [7, 11) is 0. The van der Waals surface area contributed by atoms with Crippen LogP contribution in [0.4, 0.5) is 0 Å². The lowest BCUT2D eigenvalue weighted by Gasteiger charge is -2.07. The first-order valence-corrected chi connectivity index (χ1v) is 7.66. The summed E-state index contributed by atoms with van der Waals surface area (Å²) in [5.41, 5.74) is 8.02. The number of nitrogens with two attached hydrogens (primary N) is 1. The second-order valence-corrected chi connectivity index (χ2v) is 5.97. The molecule has 96 valence electrons. The van der Waals surface area contributed by atoms with Crippen LogP contribution in [0.2, 0.25) is 0 Å². The molecule has 3 rings (SSSR count). The summed E-state index contributed by atoms with van der Waals surface area (Å²) in [6.45, 7) is 0.554. The molecule has 0 aliphatic heterocycles. The summed E-state index contributed by atoms with van der Waals surface area (Å²) >= 11 is 1.88. The van der Waals surface area contributed by atoms with Crippen LogP contribution in [0.15, 0.2) is 29.4 Å². The van der Waals surface area contributed by atoms with Crippen LogP contribution in [0.1, 0.15) is 31.4 Å². The summed E-state index contributed by atoms with van der Waals surface area (Å²) in [5.74, 6) is 2.07. The topological polar surface area (TPSA) is 43.3 Å². The molecular formula is C14H19N3S. The number of rotatable bonds is 4. The van der Waals surface area contributed by atoms with Crippen LogP contribution in [0, 0.1) is 5.92 Å². The third-order valence-electron chi connectivity index (χ3n) is 3.72. The van der Waals surface area contributed by atoms with Crippen molar-refractivity contribution < 1.29 is 0 Å². The molecule has 1 saturated carbocycles. The normalized spacial score (nSPS) is 16.7. The molecule has 0 atom stereocenters. The largest absolute Gasteiger partial charge is 0.325 e. The average molecular weight is 261 g/mol. The van der Waals surface area contributed by atoms with E-state index in [1.54, 1.807) is 0 Å². The molecule has 18 heavy (non-hydrogen) atoms. The Hall–Kier alpha value is -1.00. The quantitative estimate of drug-likeness (QED) is 0.860. The molecule has 4 heteroatoms. The number of imidazole rings is 1. The maximum atomic E-state index is 5.87. The average Bonchev–Trinajstić information content (AvgIpc) is 3.03. The highest BCUT2D eigenvalue weighted by Crippen LogP contribution is 2.32. The number of nitrogens with zero attached hydrogens (tertiary/aromatic N) is 2. The molecular weight excluding hydrogens is 242 g/mol. The van der Waals surface area contributed by atoms with Gasteiger partial charge in [0, 0.05) is 18.5 Å². The van der Waals surface area contributed by atoms with Crippen molar-refractivity contribution in [3.8, 4) is 0 Å². The van der Waals surface area contributed by atoms with E-state index in [1.165, 1.54) is 31.4 Å². The molecule has 0 radical (unpaired) electrons. The van der Waals surface area contributed by atoms with E-state index < -0.39 is 0 Å². The van der Waals surface area contributed by atoms with Crippen LogP contribution in [-0.2, 0) is 6.54 Å². The fraction of sp³-hybridized carbons (Fsp3) is 0.500. The van der Waals surface area contributed by atoms with Gasteiger partial charge in [0.15, 0.2) is 0 Å². The SMILES string of the molecule is NCc1c(SCC2CCCC2)nc2ccccn12. The third kappa shape index (κ3) is 2.27. The highest BCUT2D eigenvalue weighted by Gasteiger charge is 2.17. The van der Waals surface area contributed by atoms with Gasteiger partial charge in [0.1, 0.15) is 10.7 Å². The highest BCUT2D eigenvalue weighted by atomic mass is 32.2. The van der Waals surface area contributed by atoms with E-state index in [-0.39, 0.29) is 0 Å². The Labute approximate surface area is 112 Å². The second-order valence-electron chi connectivity index (χ2n) is 4.96. The van der Waals surface area contributed by atoms with E-state index in [1.807, 2.05) is 36.2 Å². The first kappa shape index (κ1) is 12.1. The van der Waals surface area contributed by atoms with Crippen molar-refractivity contribution in [2.45, 2.75) is 37.3 Å². The maximum Gasteiger partial charge on any atom is 0.138 e. The summed E-state index contributed by atoms with van der Waals surface area (Å²) in [6.07, 6.45) is 7.63. The van der Waals surface area contributed by atoms with Crippen LogP contribution >= 0.6 is 11.8 Å². The predicted molar refractivity (Wildman–Crippen MR) is 75.8 cm³/mol. The van der Waals surface area contributed by atoms with Gasteiger partial charge in [0.05, 0.1) is 5.69 Å². The molecule has 0 saturated heterocycles. The van der Waals surface area contributed by atoms with Crippen molar-refractivity contribution >= 4 is 17.4 Å². The molecule has 0 aromatic carbocycles. The zero-order valence-electron chi connectivity index (χ0n) is 10.5. The lowest BCUT2D eigenvalue weighted by molar-refractivity contribution is 0.622. The second kappa shape index (κ2) is 5.33. The Balaban J connectivity index is 1.81. The number of aromatic nitrogens is 2. The summed E-state index contributed by atoms with van der Waals surface area (Å²) in [5, 5.41) is 1.12. The summed E-state index contributed by atoms with van der Waals surface area (Å²) in [4.78, 5) is 4.69. The fourth-order valence-electron chi connectivity index (χ4n) is 2.70. The Kier molecular flexibility index (Phi) is 3.57. The lowest BCUT2D eigenvalue weighted by atomic mass is 10.1. The molecule has 2 aromatic rings. The highest BCUT2D eigenvalue weighted by molar-refractivity contribution is 7.99. The number of pyridine rings is 1. The van der Waals surface area contributed by atoms with Crippen molar-refractivity contribution in [3.63, 3.8) is 0 Å².